The molecule has 0 spiro atoms. The topological polar surface area (TPSA) is 246 Å². The molecule has 0 aliphatic rings. The van der Waals surface area contributed by atoms with Gasteiger partial charge in [-0.15, -0.1) is 11.3 Å². The summed E-state index contributed by atoms with van der Waals surface area (Å²) >= 11 is 1.54. The Morgan fingerprint density at radius 2 is 0.818 bits per heavy atom. The van der Waals surface area contributed by atoms with Crippen LogP contribution in [0.3, 0.4) is 0 Å². The fourth-order valence-electron chi connectivity index (χ4n) is 8.59. The molecule has 10 N–H and O–H groups in total. The van der Waals surface area contributed by atoms with Gasteiger partial charge in [0, 0.05) is 53.3 Å². The van der Waals surface area contributed by atoms with Gasteiger partial charge in [-0.3, -0.25) is 0 Å². The van der Waals surface area contributed by atoms with E-state index >= 15 is 0 Å². The van der Waals surface area contributed by atoms with Crippen molar-refractivity contribution in [2.75, 3.05) is 0 Å². The third-order valence-electron chi connectivity index (χ3n) is 11.8. The zero-order valence-electron chi connectivity index (χ0n) is 33.9. The standard InChI is InChI=1S/C51H32N4O10S/c56-39-36(40(57)44(61)47(64)43(39)60)25-14-18-30-33(20-25)55(32-13-7-12-31(37(30)32)38-41(58)45(62)48(65)46(63)42(38)59)27-16-19-29-28-17-15-26(21-34(28)66-35(29)22-27)51-53-49(23-8-3-1-4-9-23)52-50(54-51)24-10-5-2-6-11-24/h1-22,56-65H. The van der Waals surface area contributed by atoms with E-state index in [2.05, 4.69) is 0 Å². The molecule has 322 valence electrons. The Morgan fingerprint density at radius 3 is 1.39 bits per heavy atom. The number of phenolic OH excluding ortho intramolecular Hbond substituents is 10. The first-order valence-electron chi connectivity index (χ1n) is 20.2. The highest BCUT2D eigenvalue weighted by Gasteiger charge is 2.29. The highest BCUT2D eigenvalue weighted by atomic mass is 32.1. The van der Waals surface area contributed by atoms with Gasteiger partial charge in [0.15, 0.2) is 40.5 Å². The van der Waals surface area contributed by atoms with Gasteiger partial charge < -0.3 is 55.6 Å². The van der Waals surface area contributed by atoms with Gasteiger partial charge in [-0.1, -0.05) is 103 Å². The summed E-state index contributed by atoms with van der Waals surface area (Å²) in [6.45, 7) is 0. The molecule has 0 unspecified atom stereocenters. The molecule has 3 aromatic heterocycles. The van der Waals surface area contributed by atoms with Gasteiger partial charge in [-0.2, -0.15) is 0 Å². The van der Waals surface area contributed by atoms with E-state index in [0.29, 0.717) is 45.0 Å². The first kappa shape index (κ1) is 39.6. The molecule has 0 saturated heterocycles. The van der Waals surface area contributed by atoms with E-state index in [9.17, 15) is 51.1 Å². The maximum atomic E-state index is 11.1. The minimum Gasteiger partial charge on any atom is -0.504 e. The van der Waals surface area contributed by atoms with Crippen LogP contribution in [0.5, 0.6) is 57.5 Å². The number of phenols is 10. The molecule has 15 heteroatoms. The fourth-order valence-corrected chi connectivity index (χ4v) is 9.77. The number of benzene rings is 8. The lowest BCUT2D eigenvalue weighted by molar-refractivity contribution is 0.330. The van der Waals surface area contributed by atoms with Crippen molar-refractivity contribution in [3.8, 4) is 120 Å². The van der Waals surface area contributed by atoms with Crippen LogP contribution in [0.15, 0.2) is 133 Å². The first-order chi connectivity index (χ1) is 31.9. The summed E-state index contributed by atoms with van der Waals surface area (Å²) in [5.74, 6) is -8.45. The Balaban J connectivity index is 1.12. The number of hydrogen-bond donors (Lipinski definition) is 10. The molecule has 66 heavy (non-hydrogen) atoms. The van der Waals surface area contributed by atoms with Gasteiger partial charge in [0.25, 0.3) is 0 Å². The lowest BCUT2D eigenvalue weighted by Gasteiger charge is -2.14. The van der Waals surface area contributed by atoms with Crippen LogP contribution in [0.2, 0.25) is 0 Å². The molecule has 3 heterocycles. The average Bonchev–Trinajstić information content (AvgIpc) is 3.89. The predicted octanol–water partition coefficient (Wildman–Crippen LogP) is 10.7. The number of rotatable bonds is 6. The van der Waals surface area contributed by atoms with Crippen molar-refractivity contribution in [2.45, 2.75) is 0 Å². The Morgan fingerprint density at radius 1 is 0.348 bits per heavy atom. The van der Waals surface area contributed by atoms with Crippen molar-refractivity contribution in [1.82, 2.24) is 19.5 Å². The van der Waals surface area contributed by atoms with Crippen molar-refractivity contribution in [3.63, 3.8) is 0 Å². The minimum atomic E-state index is -1.11. The quantitative estimate of drug-likeness (QED) is 0.0552. The van der Waals surface area contributed by atoms with E-state index in [1.54, 1.807) is 30.3 Å². The molecule has 0 aliphatic heterocycles. The second kappa shape index (κ2) is 14.7. The van der Waals surface area contributed by atoms with Crippen LogP contribution < -0.4 is 0 Å². The van der Waals surface area contributed by atoms with Crippen LogP contribution in [-0.4, -0.2) is 70.6 Å². The molecule has 0 bridgehead atoms. The van der Waals surface area contributed by atoms with E-state index in [4.69, 9.17) is 15.0 Å². The Hall–Kier alpha value is -9.21. The Kier molecular flexibility index (Phi) is 8.82. The van der Waals surface area contributed by atoms with Crippen molar-refractivity contribution < 1.29 is 51.1 Å². The third-order valence-corrected chi connectivity index (χ3v) is 12.9. The maximum Gasteiger partial charge on any atom is 0.208 e. The molecule has 8 aromatic carbocycles. The number of hydrogen-bond acceptors (Lipinski definition) is 14. The highest BCUT2D eigenvalue weighted by Crippen LogP contribution is 2.58. The van der Waals surface area contributed by atoms with Gasteiger partial charge in [0.2, 0.25) is 34.5 Å². The van der Waals surface area contributed by atoms with Crippen molar-refractivity contribution >= 4 is 53.3 Å². The molecule has 0 saturated carbocycles. The van der Waals surface area contributed by atoms with Gasteiger partial charge in [0.05, 0.1) is 22.2 Å². The zero-order valence-corrected chi connectivity index (χ0v) is 34.7. The second-order valence-electron chi connectivity index (χ2n) is 15.5. The van der Waals surface area contributed by atoms with Crippen LogP contribution >= 0.6 is 11.3 Å². The number of thiophene rings is 1. The predicted molar refractivity (Wildman–Crippen MR) is 251 cm³/mol. The number of aromatic nitrogens is 4. The number of fused-ring (bicyclic) bond motifs is 6. The van der Waals surface area contributed by atoms with E-state index < -0.39 is 57.5 Å². The molecule has 0 radical (unpaired) electrons. The number of aromatic hydroxyl groups is 10. The summed E-state index contributed by atoms with van der Waals surface area (Å²) in [4.78, 5) is 14.6. The van der Waals surface area contributed by atoms with Crippen LogP contribution in [0.4, 0.5) is 0 Å². The molecular formula is C51H32N4O10S. The summed E-state index contributed by atoms with van der Waals surface area (Å²) in [6.07, 6.45) is 0. The molecule has 0 atom stereocenters. The number of nitrogens with zero attached hydrogens (tertiary/aromatic N) is 4. The molecule has 11 aromatic rings. The Labute approximate surface area is 375 Å². The Bertz CT molecular complexity index is 3720. The smallest absolute Gasteiger partial charge is 0.208 e. The SMILES string of the molecule is Oc1c(O)c(O)c(-c2ccc3c4c(-c5c(O)c(O)c(O)c(O)c5O)cccc4n(-c4ccc5c(c4)sc4cc(-c6nc(-c7ccccc7)nc(-c7ccccc7)n6)ccc45)c3c2)c(O)c1O. The monoisotopic (exact) mass is 892 g/mol. The summed E-state index contributed by atoms with van der Waals surface area (Å²) in [6, 6.07) is 40.9. The van der Waals surface area contributed by atoms with Crippen LogP contribution in [0, 0.1) is 0 Å². The first-order valence-corrected chi connectivity index (χ1v) is 21.0. The molecule has 0 aliphatic carbocycles. The third kappa shape index (κ3) is 5.91. The fraction of sp³-hybridized carbons (Fsp3) is 0. The van der Waals surface area contributed by atoms with Crippen LogP contribution in [0.1, 0.15) is 0 Å². The summed E-state index contributed by atoms with van der Waals surface area (Å²) in [5, 5.41) is 109. The lowest BCUT2D eigenvalue weighted by atomic mass is 9.95. The minimum absolute atomic E-state index is 0.110. The van der Waals surface area contributed by atoms with Gasteiger partial charge in [-0.25, -0.2) is 15.0 Å². The van der Waals surface area contributed by atoms with Crippen molar-refractivity contribution in [2.24, 2.45) is 0 Å². The van der Waals surface area contributed by atoms with E-state index in [1.165, 1.54) is 17.4 Å². The maximum absolute atomic E-state index is 11.1. The largest absolute Gasteiger partial charge is 0.504 e. The lowest BCUT2D eigenvalue weighted by Crippen LogP contribution is -1.99. The van der Waals surface area contributed by atoms with Crippen LogP contribution in [-0.2, 0) is 0 Å². The zero-order chi connectivity index (χ0) is 45.7. The highest BCUT2D eigenvalue weighted by molar-refractivity contribution is 7.25. The normalized spacial score (nSPS) is 11.6. The molecule has 0 fully saturated rings. The molecule has 0 amide bonds. The van der Waals surface area contributed by atoms with E-state index in [0.717, 1.165) is 36.9 Å². The van der Waals surface area contributed by atoms with E-state index in [-0.39, 0.29) is 22.3 Å². The molecule has 14 nitrogen and oxygen atoms in total. The summed E-state index contributed by atoms with van der Waals surface area (Å²) in [5.41, 5.74) is 3.52. The van der Waals surface area contributed by atoms with Gasteiger partial charge in [-0.05, 0) is 41.5 Å². The van der Waals surface area contributed by atoms with Gasteiger partial charge in [0.1, 0.15) is 0 Å². The molecule has 11 rings (SSSR count). The van der Waals surface area contributed by atoms with E-state index in [1.807, 2.05) is 102 Å². The average molecular weight is 893 g/mol. The van der Waals surface area contributed by atoms with Gasteiger partial charge >= 0.3 is 0 Å². The van der Waals surface area contributed by atoms with Crippen molar-refractivity contribution in [1.29, 1.82) is 0 Å². The van der Waals surface area contributed by atoms with Crippen LogP contribution in [0.25, 0.3) is 104 Å². The van der Waals surface area contributed by atoms with Crippen molar-refractivity contribution in [3.05, 3.63) is 133 Å². The summed E-state index contributed by atoms with van der Waals surface area (Å²) in [7, 11) is 0. The second-order valence-corrected chi connectivity index (χ2v) is 16.6. The summed E-state index contributed by atoms with van der Waals surface area (Å²) < 4.78 is 3.68. The molecular weight excluding hydrogens is 861 g/mol.